The van der Waals surface area contributed by atoms with Gasteiger partial charge in [-0.3, -0.25) is 0 Å². The Morgan fingerprint density at radius 1 is 1.80 bits per heavy atom. The van der Waals surface area contributed by atoms with Crippen molar-refractivity contribution in [3.8, 4) is 0 Å². The van der Waals surface area contributed by atoms with Crippen molar-refractivity contribution in [2.45, 2.75) is 5.56 Å². The molecule has 0 heterocycles. The van der Waals surface area contributed by atoms with E-state index >= 15 is 0 Å². The summed E-state index contributed by atoms with van der Waals surface area (Å²) in [5.74, 6) is 0. The monoisotopic (exact) mass is 167 g/mol. The average molecular weight is 168 g/mol. The zero-order valence-electron chi connectivity index (χ0n) is 6.04. The highest BCUT2D eigenvalue weighted by molar-refractivity contribution is 6.19. The summed E-state index contributed by atoms with van der Waals surface area (Å²) in [6.07, 6.45) is 0. The van der Waals surface area contributed by atoms with Crippen molar-refractivity contribution in [1.29, 1.82) is 0 Å². The molecule has 2 amide bonds. The van der Waals surface area contributed by atoms with Crippen molar-refractivity contribution < 1.29 is 14.4 Å². The maximum Gasteiger partial charge on any atom is 0.413 e. The molecule has 0 rings (SSSR count). The van der Waals surface area contributed by atoms with Gasteiger partial charge in [0.2, 0.25) is 0 Å². The Morgan fingerprint density at radius 2 is 2.20 bits per heavy atom. The standard InChI is InChI=1S/C5H11ClN2O2/c1-8(2,5(7)10)3-4(6)9/h4,9H,3H2,1-2H3,(H-,7,10)/p+1. The van der Waals surface area contributed by atoms with Gasteiger partial charge in [0, 0.05) is 0 Å². The van der Waals surface area contributed by atoms with Gasteiger partial charge in [0.25, 0.3) is 0 Å². The summed E-state index contributed by atoms with van der Waals surface area (Å²) in [6.45, 7) is 0.122. The number of rotatable bonds is 2. The van der Waals surface area contributed by atoms with E-state index in [-0.39, 0.29) is 11.0 Å². The number of amides is 2. The number of aliphatic hydroxyl groups is 1. The number of primary amides is 1. The number of hydrogen-bond donors (Lipinski definition) is 2. The van der Waals surface area contributed by atoms with Gasteiger partial charge in [0.05, 0.1) is 14.1 Å². The van der Waals surface area contributed by atoms with Crippen LogP contribution in [0.5, 0.6) is 0 Å². The lowest BCUT2D eigenvalue weighted by Crippen LogP contribution is -2.52. The van der Waals surface area contributed by atoms with Crippen LogP contribution in [-0.2, 0) is 0 Å². The number of carbonyl (C=O) groups is 1. The number of nitrogens with zero attached hydrogens (tertiary/aromatic N) is 1. The predicted octanol–water partition coefficient (Wildman–Crippen LogP) is -0.301. The molecule has 0 aromatic heterocycles. The molecule has 3 N–H and O–H groups in total. The molecule has 0 saturated carbocycles. The SMILES string of the molecule is C[N+](C)(CC(O)Cl)C(N)=O. The molecule has 1 unspecified atom stereocenters. The van der Waals surface area contributed by atoms with Gasteiger partial charge < -0.3 is 10.8 Å². The van der Waals surface area contributed by atoms with Crippen LogP contribution in [0.25, 0.3) is 0 Å². The predicted molar refractivity (Wildman–Crippen MR) is 38.4 cm³/mol. The number of quaternary nitrogens is 1. The topological polar surface area (TPSA) is 63.3 Å². The number of nitrogens with two attached hydrogens (primary N) is 1. The Hall–Kier alpha value is -0.320. The molecular formula is C5H12ClN2O2+. The van der Waals surface area contributed by atoms with Crippen molar-refractivity contribution in [1.82, 2.24) is 0 Å². The fraction of sp³-hybridized carbons (Fsp3) is 0.800. The van der Waals surface area contributed by atoms with Gasteiger partial charge in [-0.2, -0.15) is 0 Å². The lowest BCUT2D eigenvalue weighted by atomic mass is 10.5. The Labute approximate surface area is 64.8 Å². The van der Waals surface area contributed by atoms with Gasteiger partial charge >= 0.3 is 6.03 Å². The maximum atomic E-state index is 10.6. The fourth-order valence-corrected chi connectivity index (χ4v) is 0.812. The van der Waals surface area contributed by atoms with Gasteiger partial charge in [0.1, 0.15) is 6.54 Å². The summed E-state index contributed by atoms with van der Waals surface area (Å²) in [7, 11) is 3.15. The van der Waals surface area contributed by atoms with E-state index in [4.69, 9.17) is 22.4 Å². The zero-order valence-corrected chi connectivity index (χ0v) is 6.80. The van der Waals surface area contributed by atoms with Crippen molar-refractivity contribution >= 4 is 17.6 Å². The number of aliphatic hydroxyl groups excluding tert-OH is 1. The first-order valence-electron chi connectivity index (χ1n) is 2.81. The lowest BCUT2D eigenvalue weighted by molar-refractivity contribution is -0.809. The summed E-state index contributed by atoms with van der Waals surface area (Å²) < 4.78 is -0.106. The number of urea groups is 1. The van der Waals surface area contributed by atoms with Gasteiger partial charge in [-0.25, -0.2) is 9.28 Å². The number of hydrogen-bond acceptors (Lipinski definition) is 2. The van der Waals surface area contributed by atoms with Crippen LogP contribution in [0.1, 0.15) is 0 Å². The van der Waals surface area contributed by atoms with E-state index in [9.17, 15) is 4.79 Å². The molecule has 0 fully saturated rings. The average Bonchev–Trinajstić information content (AvgIpc) is 1.60. The molecule has 10 heavy (non-hydrogen) atoms. The van der Waals surface area contributed by atoms with Crippen LogP contribution in [0.4, 0.5) is 4.79 Å². The minimum absolute atomic E-state index is 0.106. The molecule has 0 aliphatic carbocycles. The molecular weight excluding hydrogens is 156 g/mol. The number of carbonyl (C=O) groups excluding carboxylic acids is 1. The summed E-state index contributed by atoms with van der Waals surface area (Å²) >= 11 is 5.24. The van der Waals surface area contributed by atoms with Crippen LogP contribution in [0.15, 0.2) is 0 Å². The molecule has 0 aromatic carbocycles. The highest BCUT2D eigenvalue weighted by atomic mass is 35.5. The van der Waals surface area contributed by atoms with Gasteiger partial charge in [-0.15, -0.1) is 0 Å². The first kappa shape index (κ1) is 9.68. The van der Waals surface area contributed by atoms with Crippen LogP contribution in [0, 0.1) is 0 Å². The Balaban J connectivity index is 4.00. The smallest absolute Gasteiger partial charge is 0.372 e. The lowest BCUT2D eigenvalue weighted by Gasteiger charge is -2.24. The van der Waals surface area contributed by atoms with Crippen LogP contribution < -0.4 is 5.73 Å². The second-order valence-electron chi connectivity index (χ2n) is 2.64. The molecule has 5 heteroatoms. The first-order chi connectivity index (χ1) is 4.36. The van der Waals surface area contributed by atoms with E-state index in [0.717, 1.165) is 0 Å². The third kappa shape index (κ3) is 3.00. The molecule has 4 nitrogen and oxygen atoms in total. The minimum Gasteiger partial charge on any atom is -0.372 e. The van der Waals surface area contributed by atoms with E-state index in [1.165, 1.54) is 0 Å². The van der Waals surface area contributed by atoms with Crippen LogP contribution in [-0.4, -0.2) is 41.8 Å². The number of likely N-dealkylation sites (N-methyl/N-ethyl adjacent to an activating group) is 1. The summed E-state index contributed by atoms with van der Waals surface area (Å²) in [5, 5.41) is 8.68. The summed E-state index contributed by atoms with van der Waals surface area (Å²) in [5.41, 5.74) is 3.96. The normalized spacial score (nSPS) is 14.8. The van der Waals surface area contributed by atoms with Gasteiger partial charge in [-0.05, 0) is 0 Å². The molecule has 0 spiro atoms. The van der Waals surface area contributed by atoms with Crippen molar-refractivity contribution in [3.63, 3.8) is 0 Å². The molecule has 0 aromatic rings. The molecule has 0 saturated heterocycles. The van der Waals surface area contributed by atoms with E-state index in [1.807, 2.05) is 0 Å². The Kier molecular flexibility index (Phi) is 3.08. The van der Waals surface area contributed by atoms with Crippen LogP contribution in [0.3, 0.4) is 0 Å². The quantitative estimate of drug-likeness (QED) is 0.438. The van der Waals surface area contributed by atoms with Crippen molar-refractivity contribution in [2.24, 2.45) is 5.73 Å². The number of halogens is 1. The van der Waals surface area contributed by atoms with E-state index in [2.05, 4.69) is 0 Å². The molecule has 0 radical (unpaired) electrons. The minimum atomic E-state index is -1.03. The third-order valence-corrected chi connectivity index (χ3v) is 1.34. The Bertz CT molecular complexity index is 136. The largest absolute Gasteiger partial charge is 0.413 e. The zero-order chi connectivity index (χ0) is 8.36. The van der Waals surface area contributed by atoms with Crippen LogP contribution in [0.2, 0.25) is 0 Å². The Morgan fingerprint density at radius 3 is 2.30 bits per heavy atom. The summed E-state index contributed by atoms with van der Waals surface area (Å²) in [6, 6.07) is -0.514. The molecule has 0 aliphatic heterocycles. The fourth-order valence-electron chi connectivity index (χ4n) is 0.467. The highest BCUT2D eigenvalue weighted by Crippen LogP contribution is 2.01. The second kappa shape index (κ2) is 3.18. The molecule has 0 aliphatic rings. The highest BCUT2D eigenvalue weighted by Gasteiger charge is 2.25. The maximum absolute atomic E-state index is 10.6. The van der Waals surface area contributed by atoms with Crippen LogP contribution >= 0.6 is 11.6 Å². The van der Waals surface area contributed by atoms with E-state index in [1.54, 1.807) is 14.1 Å². The van der Waals surface area contributed by atoms with Gasteiger partial charge in [0.15, 0.2) is 5.56 Å². The van der Waals surface area contributed by atoms with Crippen molar-refractivity contribution in [3.05, 3.63) is 0 Å². The first-order valence-corrected chi connectivity index (χ1v) is 3.25. The van der Waals surface area contributed by atoms with E-state index in [0.29, 0.717) is 0 Å². The second-order valence-corrected chi connectivity index (χ2v) is 3.14. The summed E-state index contributed by atoms with van der Waals surface area (Å²) in [4.78, 5) is 10.6. The molecule has 60 valence electrons. The third-order valence-electron chi connectivity index (χ3n) is 1.20. The van der Waals surface area contributed by atoms with Crippen molar-refractivity contribution in [2.75, 3.05) is 20.6 Å². The van der Waals surface area contributed by atoms with Gasteiger partial charge in [-0.1, -0.05) is 11.6 Å². The molecule has 1 atom stereocenters. The number of alkyl halides is 1. The molecule has 0 bridgehead atoms. The van der Waals surface area contributed by atoms with E-state index < -0.39 is 11.6 Å².